The van der Waals surface area contributed by atoms with Gasteiger partial charge < -0.3 is 10.0 Å². The summed E-state index contributed by atoms with van der Waals surface area (Å²) in [5.41, 5.74) is -3.09. The molecule has 10 nitrogen and oxygen atoms in total. The van der Waals surface area contributed by atoms with Crippen molar-refractivity contribution in [2.45, 2.75) is 0 Å². The Balaban J connectivity index is 0.000000303. The van der Waals surface area contributed by atoms with E-state index in [-0.39, 0.29) is 12.1 Å². The highest BCUT2D eigenvalue weighted by molar-refractivity contribution is 5.97. The number of amides is 1. The quantitative estimate of drug-likeness (QED) is 0.443. The van der Waals surface area contributed by atoms with Gasteiger partial charge in [-0.1, -0.05) is 0 Å². The molecule has 0 unspecified atom stereocenters. The first-order chi connectivity index (χ1) is 13.8. The molecule has 0 heterocycles. The third kappa shape index (κ3) is 5.46. The van der Waals surface area contributed by atoms with Crippen LogP contribution in [0.15, 0.2) is 24.3 Å². The highest BCUT2D eigenvalue weighted by Crippen LogP contribution is 2.23. The Kier molecular flexibility index (Phi) is 7.50. The van der Waals surface area contributed by atoms with E-state index in [1.807, 2.05) is 0 Å². The molecular weight excluding hydrogens is 422 g/mol. The fourth-order valence-electron chi connectivity index (χ4n) is 1.96. The highest BCUT2D eigenvalue weighted by atomic mass is 19.2. The molecule has 1 N–H and O–H groups in total. The molecule has 2 aromatic rings. The van der Waals surface area contributed by atoms with Crippen molar-refractivity contribution in [3.63, 3.8) is 0 Å². The average molecular weight is 433 g/mol. The minimum absolute atomic E-state index is 0.235. The van der Waals surface area contributed by atoms with Gasteiger partial charge in [-0.3, -0.25) is 25.0 Å². The van der Waals surface area contributed by atoms with Gasteiger partial charge in [0.15, 0.2) is 23.3 Å². The number of rotatable bonds is 4. The molecule has 0 radical (unpaired) electrons. The van der Waals surface area contributed by atoms with Crippen molar-refractivity contribution in [3.8, 4) is 0 Å². The Bertz CT molecular complexity index is 1000. The summed E-state index contributed by atoms with van der Waals surface area (Å²) in [6, 6.07) is 1.43. The van der Waals surface area contributed by atoms with Gasteiger partial charge in [0.1, 0.15) is 11.1 Å². The molecule has 0 saturated heterocycles. The zero-order valence-corrected chi connectivity index (χ0v) is 15.1. The van der Waals surface area contributed by atoms with Gasteiger partial charge in [-0.25, -0.2) is 22.4 Å². The van der Waals surface area contributed by atoms with Crippen LogP contribution in [0.5, 0.6) is 0 Å². The number of halogens is 4. The van der Waals surface area contributed by atoms with Gasteiger partial charge in [0, 0.05) is 14.1 Å². The van der Waals surface area contributed by atoms with E-state index in [0.717, 1.165) is 4.90 Å². The summed E-state index contributed by atoms with van der Waals surface area (Å²) < 4.78 is 50.7. The number of carboxylic acid groups (broad SMARTS) is 1. The van der Waals surface area contributed by atoms with Crippen molar-refractivity contribution in [1.29, 1.82) is 0 Å². The second-order valence-electron chi connectivity index (χ2n) is 5.59. The van der Waals surface area contributed by atoms with E-state index in [0.29, 0.717) is 12.1 Å². The molecule has 14 heteroatoms. The summed E-state index contributed by atoms with van der Waals surface area (Å²) in [5.74, 6) is -7.99. The number of carbonyl (C=O) groups is 2. The normalized spacial score (nSPS) is 9.93. The molecule has 0 aliphatic rings. The van der Waals surface area contributed by atoms with Gasteiger partial charge in [0.2, 0.25) is 0 Å². The second-order valence-corrected chi connectivity index (χ2v) is 5.59. The Morgan fingerprint density at radius 3 is 1.47 bits per heavy atom. The van der Waals surface area contributed by atoms with E-state index in [1.165, 1.54) is 14.1 Å². The molecule has 1 amide bonds. The van der Waals surface area contributed by atoms with Gasteiger partial charge in [-0.15, -0.1) is 0 Å². The first-order valence-corrected chi connectivity index (χ1v) is 7.49. The van der Waals surface area contributed by atoms with E-state index in [4.69, 9.17) is 5.11 Å². The summed E-state index contributed by atoms with van der Waals surface area (Å²) in [7, 11) is 2.71. The van der Waals surface area contributed by atoms with Crippen LogP contribution in [-0.4, -0.2) is 45.8 Å². The Morgan fingerprint density at radius 2 is 1.13 bits per heavy atom. The number of nitro groups is 2. The molecule has 0 aromatic heterocycles. The Labute approximate surface area is 164 Å². The standard InChI is InChI=1S/C9H8F2N2O3.C7H3F2NO4/c1-12(2)9(14)5-3-6(10)7(11)4-8(5)13(15)16;8-4-1-3(7(11)12)6(10(13)14)2-5(4)9/h3-4H,1-2H3;1-2H,(H,11,12). The summed E-state index contributed by atoms with van der Waals surface area (Å²) in [6.07, 6.45) is 0. The van der Waals surface area contributed by atoms with Crippen LogP contribution >= 0.6 is 0 Å². The number of hydrogen-bond donors (Lipinski definition) is 1. The zero-order valence-electron chi connectivity index (χ0n) is 15.1. The number of benzene rings is 2. The lowest BCUT2D eigenvalue weighted by molar-refractivity contribution is -0.385. The summed E-state index contributed by atoms with van der Waals surface area (Å²) >= 11 is 0. The van der Waals surface area contributed by atoms with E-state index in [9.17, 15) is 47.4 Å². The summed E-state index contributed by atoms with van der Waals surface area (Å²) in [5, 5.41) is 29.2. The van der Waals surface area contributed by atoms with Crippen molar-refractivity contribution in [3.05, 3.63) is 78.9 Å². The van der Waals surface area contributed by atoms with Crippen LogP contribution in [0.25, 0.3) is 0 Å². The molecule has 0 spiro atoms. The molecule has 0 aliphatic heterocycles. The molecule has 0 saturated carbocycles. The van der Waals surface area contributed by atoms with Crippen LogP contribution in [0.2, 0.25) is 0 Å². The van der Waals surface area contributed by atoms with Crippen molar-refractivity contribution in [2.24, 2.45) is 0 Å². The molecule has 2 aromatic carbocycles. The molecule has 0 fully saturated rings. The molecule has 0 aliphatic carbocycles. The van der Waals surface area contributed by atoms with Gasteiger partial charge in [-0.05, 0) is 12.1 Å². The lowest BCUT2D eigenvalue weighted by Crippen LogP contribution is -2.23. The lowest BCUT2D eigenvalue weighted by atomic mass is 10.1. The third-order valence-corrected chi connectivity index (χ3v) is 3.34. The topological polar surface area (TPSA) is 144 Å². The average Bonchev–Trinajstić information content (AvgIpc) is 2.64. The molecule has 0 atom stereocenters. The van der Waals surface area contributed by atoms with Gasteiger partial charge in [0.05, 0.1) is 22.0 Å². The lowest BCUT2D eigenvalue weighted by Gasteiger charge is -2.10. The van der Waals surface area contributed by atoms with Crippen molar-refractivity contribution in [2.75, 3.05) is 14.1 Å². The third-order valence-electron chi connectivity index (χ3n) is 3.34. The van der Waals surface area contributed by atoms with Crippen molar-refractivity contribution < 1.29 is 42.1 Å². The predicted octanol–water partition coefficient (Wildman–Crippen LogP) is 3.15. The molecular formula is C16H11F4N3O7. The number of aromatic carboxylic acids is 1. The first-order valence-electron chi connectivity index (χ1n) is 7.49. The van der Waals surface area contributed by atoms with Crippen molar-refractivity contribution >= 4 is 23.3 Å². The minimum atomic E-state index is -1.68. The highest BCUT2D eigenvalue weighted by Gasteiger charge is 2.25. The zero-order chi connectivity index (χ0) is 23.3. The van der Waals surface area contributed by atoms with Crippen LogP contribution in [0.3, 0.4) is 0 Å². The second kappa shape index (κ2) is 9.40. The maximum atomic E-state index is 12.9. The number of nitrogens with zero attached hydrogens (tertiary/aromatic N) is 3. The van der Waals surface area contributed by atoms with Gasteiger partial charge in [-0.2, -0.15) is 0 Å². The van der Waals surface area contributed by atoms with Crippen LogP contribution in [0, 0.1) is 43.5 Å². The van der Waals surface area contributed by atoms with Gasteiger partial charge >= 0.3 is 5.97 Å². The first kappa shape index (κ1) is 23.9. The molecule has 30 heavy (non-hydrogen) atoms. The fourth-order valence-corrected chi connectivity index (χ4v) is 1.96. The largest absolute Gasteiger partial charge is 0.477 e. The maximum absolute atomic E-state index is 12.9. The SMILES string of the molecule is CN(C)C(=O)c1cc(F)c(F)cc1[N+](=O)[O-].O=C(O)c1cc(F)c(F)cc1[N+](=O)[O-]. The van der Waals surface area contributed by atoms with E-state index >= 15 is 0 Å². The summed E-state index contributed by atoms with van der Waals surface area (Å²) in [4.78, 5) is 41.7. The molecule has 160 valence electrons. The molecule has 0 bridgehead atoms. The van der Waals surface area contributed by atoms with Crippen LogP contribution in [0.1, 0.15) is 20.7 Å². The number of carboxylic acids is 1. The van der Waals surface area contributed by atoms with Crippen LogP contribution < -0.4 is 0 Å². The maximum Gasteiger partial charge on any atom is 0.342 e. The van der Waals surface area contributed by atoms with Gasteiger partial charge in [0.25, 0.3) is 17.3 Å². The van der Waals surface area contributed by atoms with E-state index in [1.54, 1.807) is 0 Å². The molecule has 2 rings (SSSR count). The van der Waals surface area contributed by atoms with Crippen molar-refractivity contribution in [1.82, 2.24) is 4.90 Å². The smallest absolute Gasteiger partial charge is 0.342 e. The van der Waals surface area contributed by atoms with E-state index in [2.05, 4.69) is 0 Å². The van der Waals surface area contributed by atoms with E-state index < -0.39 is 67.5 Å². The fraction of sp³-hybridized carbons (Fsp3) is 0.125. The minimum Gasteiger partial charge on any atom is -0.477 e. The Hall–Kier alpha value is -4.10. The predicted molar refractivity (Wildman–Crippen MR) is 91.0 cm³/mol. The number of hydrogen-bond acceptors (Lipinski definition) is 6. The Morgan fingerprint density at radius 1 is 0.800 bits per heavy atom. The summed E-state index contributed by atoms with van der Waals surface area (Å²) in [6.45, 7) is 0. The number of carbonyl (C=O) groups excluding carboxylic acids is 1. The number of nitro benzene ring substituents is 2. The monoisotopic (exact) mass is 433 g/mol. The van der Waals surface area contributed by atoms with Crippen LogP contribution in [-0.2, 0) is 0 Å². The van der Waals surface area contributed by atoms with Crippen LogP contribution in [0.4, 0.5) is 28.9 Å².